The van der Waals surface area contributed by atoms with Gasteiger partial charge < -0.3 is 14.4 Å². The van der Waals surface area contributed by atoms with E-state index < -0.39 is 0 Å². The maximum absolute atomic E-state index is 12.5. The number of benzene rings is 1. The van der Waals surface area contributed by atoms with Crippen molar-refractivity contribution >= 4 is 5.91 Å². The highest BCUT2D eigenvalue weighted by Crippen LogP contribution is 2.32. The van der Waals surface area contributed by atoms with Crippen molar-refractivity contribution < 1.29 is 14.3 Å². The Balaban J connectivity index is 1.78. The molecule has 0 aliphatic carbocycles. The van der Waals surface area contributed by atoms with Crippen molar-refractivity contribution in [2.24, 2.45) is 5.92 Å². The Labute approximate surface area is 147 Å². The molecule has 0 saturated carbocycles. The van der Waals surface area contributed by atoms with Crippen molar-refractivity contribution in [3.05, 3.63) is 53.9 Å². The van der Waals surface area contributed by atoms with Crippen LogP contribution in [0.25, 0.3) is 0 Å². The molecule has 5 heteroatoms. The molecular formula is C20H20N2O3. The lowest BCUT2D eigenvalue weighted by Gasteiger charge is -2.30. The zero-order chi connectivity index (χ0) is 17.8. The number of hydrogen-bond acceptors (Lipinski definition) is 4. The van der Waals surface area contributed by atoms with Gasteiger partial charge in [-0.3, -0.25) is 9.78 Å². The second kappa shape index (κ2) is 7.27. The highest BCUT2D eigenvalue weighted by atomic mass is 16.7. The predicted octanol–water partition coefficient (Wildman–Crippen LogP) is 3.02. The number of hydrogen-bond donors (Lipinski definition) is 0. The van der Waals surface area contributed by atoms with E-state index >= 15 is 0 Å². The quantitative estimate of drug-likeness (QED) is 0.809. The lowest BCUT2D eigenvalue weighted by molar-refractivity contribution is -0.126. The Morgan fingerprint density at radius 1 is 1.24 bits per heavy atom. The smallest absolute Gasteiger partial charge is 0.299 e. The number of carbonyl (C=O) groups is 1. The van der Waals surface area contributed by atoms with Gasteiger partial charge in [0.2, 0.25) is 6.79 Å². The highest BCUT2D eigenvalue weighted by molar-refractivity contribution is 5.94. The van der Waals surface area contributed by atoms with E-state index in [1.807, 2.05) is 18.2 Å². The van der Waals surface area contributed by atoms with Crippen molar-refractivity contribution in [2.45, 2.75) is 19.9 Å². The van der Waals surface area contributed by atoms with Gasteiger partial charge in [-0.1, -0.05) is 25.8 Å². The van der Waals surface area contributed by atoms with Gasteiger partial charge in [0.15, 0.2) is 11.5 Å². The molecule has 1 aromatic carbocycles. The number of ether oxygens (including phenoxy) is 2. The van der Waals surface area contributed by atoms with Gasteiger partial charge >= 0.3 is 0 Å². The van der Waals surface area contributed by atoms with Gasteiger partial charge in [0.25, 0.3) is 5.91 Å². The molecule has 0 spiro atoms. The van der Waals surface area contributed by atoms with Crippen LogP contribution in [0.15, 0.2) is 42.7 Å². The summed E-state index contributed by atoms with van der Waals surface area (Å²) >= 11 is 0. The van der Waals surface area contributed by atoms with Gasteiger partial charge in [0, 0.05) is 30.9 Å². The molecule has 3 rings (SSSR count). The van der Waals surface area contributed by atoms with E-state index in [9.17, 15) is 4.79 Å². The molecule has 0 fully saturated rings. The summed E-state index contributed by atoms with van der Waals surface area (Å²) in [6.45, 7) is 4.37. The van der Waals surface area contributed by atoms with Crippen molar-refractivity contribution in [3.63, 3.8) is 0 Å². The Kier molecular flexibility index (Phi) is 4.90. The van der Waals surface area contributed by atoms with Crippen LogP contribution in [0.1, 0.15) is 31.0 Å². The average molecular weight is 336 g/mol. The molecule has 1 atom stereocenters. The highest BCUT2D eigenvalue weighted by Gasteiger charge is 2.24. The van der Waals surface area contributed by atoms with E-state index in [1.54, 1.807) is 36.5 Å². The number of aromatic nitrogens is 1. The first kappa shape index (κ1) is 16.8. The Hall–Kier alpha value is -3.00. The fraction of sp³-hybridized carbons (Fsp3) is 0.300. The molecule has 0 radical (unpaired) electrons. The summed E-state index contributed by atoms with van der Waals surface area (Å²) < 4.78 is 10.6. The maximum Gasteiger partial charge on any atom is 0.299 e. The third-order valence-corrected chi connectivity index (χ3v) is 4.08. The van der Waals surface area contributed by atoms with E-state index in [-0.39, 0.29) is 24.7 Å². The molecule has 2 aromatic rings. The summed E-state index contributed by atoms with van der Waals surface area (Å²) in [7, 11) is 1.77. The molecule has 2 heterocycles. The lowest BCUT2D eigenvalue weighted by atomic mass is 9.96. The fourth-order valence-corrected chi connectivity index (χ4v) is 2.92. The van der Waals surface area contributed by atoms with Crippen LogP contribution in [0.5, 0.6) is 11.5 Å². The Morgan fingerprint density at radius 2 is 2.04 bits per heavy atom. The number of pyridine rings is 1. The van der Waals surface area contributed by atoms with Crippen molar-refractivity contribution in [1.29, 1.82) is 0 Å². The molecule has 1 unspecified atom stereocenters. The summed E-state index contributed by atoms with van der Waals surface area (Å²) in [5, 5.41) is 0. The summed E-state index contributed by atoms with van der Waals surface area (Å²) in [6, 6.07) is 9.17. The molecule has 0 saturated heterocycles. The van der Waals surface area contributed by atoms with Gasteiger partial charge in [0.05, 0.1) is 6.04 Å². The monoisotopic (exact) mass is 336 g/mol. The minimum Gasteiger partial charge on any atom is -0.454 e. The molecule has 128 valence electrons. The number of fused-ring (bicyclic) bond motifs is 1. The van der Waals surface area contributed by atoms with Crippen molar-refractivity contribution in [1.82, 2.24) is 9.88 Å². The fourth-order valence-electron chi connectivity index (χ4n) is 2.92. The number of amides is 1. The van der Waals surface area contributed by atoms with Gasteiger partial charge in [-0.25, -0.2) is 0 Å². The molecule has 1 aliphatic heterocycles. The molecule has 25 heavy (non-hydrogen) atoms. The number of rotatable bonds is 3. The van der Waals surface area contributed by atoms with Crippen LogP contribution in [0, 0.1) is 17.8 Å². The summed E-state index contributed by atoms with van der Waals surface area (Å²) in [5.41, 5.74) is 1.71. The molecule has 1 aromatic heterocycles. The molecule has 1 aliphatic rings. The largest absolute Gasteiger partial charge is 0.454 e. The molecular weight excluding hydrogens is 316 g/mol. The summed E-state index contributed by atoms with van der Waals surface area (Å²) in [5.74, 6) is 6.98. The minimum atomic E-state index is -0.236. The van der Waals surface area contributed by atoms with Crippen LogP contribution in [0.4, 0.5) is 0 Å². The van der Waals surface area contributed by atoms with Crippen LogP contribution >= 0.6 is 0 Å². The van der Waals surface area contributed by atoms with Crippen molar-refractivity contribution in [3.8, 4) is 23.3 Å². The number of nitrogens with zero attached hydrogens (tertiary/aromatic N) is 2. The van der Waals surface area contributed by atoms with E-state index in [0.717, 1.165) is 5.56 Å². The van der Waals surface area contributed by atoms with Gasteiger partial charge in [0.1, 0.15) is 0 Å². The standard InChI is InChI=1S/C20H20N2O3/c1-14(2)20(16-5-4-10-21-12-16)22(3)19(23)9-7-15-6-8-17-18(11-15)25-13-24-17/h4-6,8,10-12,14,20H,13H2,1-3H3. The third-order valence-electron chi connectivity index (χ3n) is 4.08. The van der Waals surface area contributed by atoms with Crippen LogP contribution < -0.4 is 9.47 Å². The normalized spacial score (nSPS) is 13.1. The van der Waals surface area contributed by atoms with E-state index in [4.69, 9.17) is 9.47 Å². The first-order chi connectivity index (χ1) is 12.1. The Morgan fingerprint density at radius 3 is 2.76 bits per heavy atom. The average Bonchev–Trinajstić information content (AvgIpc) is 3.08. The first-order valence-electron chi connectivity index (χ1n) is 8.14. The van der Waals surface area contributed by atoms with E-state index in [0.29, 0.717) is 17.1 Å². The summed E-state index contributed by atoms with van der Waals surface area (Å²) in [4.78, 5) is 18.4. The third kappa shape index (κ3) is 3.74. The van der Waals surface area contributed by atoms with E-state index in [1.165, 1.54) is 0 Å². The predicted molar refractivity (Wildman–Crippen MR) is 94.0 cm³/mol. The zero-order valence-electron chi connectivity index (χ0n) is 14.5. The van der Waals surface area contributed by atoms with Gasteiger partial charge in [-0.2, -0.15) is 0 Å². The van der Waals surface area contributed by atoms with Crippen molar-refractivity contribution in [2.75, 3.05) is 13.8 Å². The van der Waals surface area contributed by atoms with Gasteiger partial charge in [-0.05, 0) is 35.7 Å². The minimum absolute atomic E-state index is 0.0766. The topological polar surface area (TPSA) is 51.7 Å². The molecule has 1 amide bonds. The van der Waals surface area contributed by atoms with Crippen LogP contribution in [0.3, 0.4) is 0 Å². The Bertz CT molecular complexity index is 822. The molecule has 0 bridgehead atoms. The zero-order valence-corrected chi connectivity index (χ0v) is 14.5. The second-order valence-corrected chi connectivity index (χ2v) is 6.21. The first-order valence-corrected chi connectivity index (χ1v) is 8.14. The molecule has 0 N–H and O–H groups in total. The summed E-state index contributed by atoms with van der Waals surface area (Å²) in [6.07, 6.45) is 3.52. The molecule has 5 nitrogen and oxygen atoms in total. The lowest BCUT2D eigenvalue weighted by Crippen LogP contribution is -2.33. The SMILES string of the molecule is CC(C)C(c1cccnc1)N(C)C(=O)C#Cc1ccc2c(c1)OCO2. The second-order valence-electron chi connectivity index (χ2n) is 6.21. The van der Waals surface area contributed by atoms with Crippen LogP contribution in [-0.4, -0.2) is 29.6 Å². The van der Waals surface area contributed by atoms with Crippen LogP contribution in [-0.2, 0) is 4.79 Å². The van der Waals surface area contributed by atoms with E-state index in [2.05, 4.69) is 30.7 Å². The van der Waals surface area contributed by atoms with Gasteiger partial charge in [-0.15, -0.1) is 0 Å². The maximum atomic E-state index is 12.5. The van der Waals surface area contributed by atoms with Crippen LogP contribution in [0.2, 0.25) is 0 Å². The number of carbonyl (C=O) groups excluding carboxylic acids is 1.